The van der Waals surface area contributed by atoms with Gasteiger partial charge in [-0.2, -0.15) is 5.10 Å². The Labute approximate surface area is 199 Å². The normalized spacial score (nSPS) is 16.1. The third-order valence-electron chi connectivity index (χ3n) is 6.11. The fourth-order valence-corrected chi connectivity index (χ4v) is 4.19. The first-order valence-corrected chi connectivity index (χ1v) is 11.5. The lowest BCUT2D eigenvalue weighted by atomic mass is 10.1. The molecule has 1 N–H and O–H groups in total. The highest BCUT2D eigenvalue weighted by Crippen LogP contribution is 2.31. The molecule has 0 aliphatic carbocycles. The maximum Gasteiger partial charge on any atom is 0.271 e. The van der Waals surface area contributed by atoms with Crippen LogP contribution < -0.4 is 14.9 Å². The van der Waals surface area contributed by atoms with Crippen LogP contribution in [0.3, 0.4) is 0 Å². The molecule has 0 saturated carbocycles. The van der Waals surface area contributed by atoms with E-state index in [1.807, 2.05) is 42.5 Å². The van der Waals surface area contributed by atoms with Gasteiger partial charge < -0.3 is 9.47 Å². The van der Waals surface area contributed by atoms with E-state index in [1.165, 1.54) is 11.1 Å². The van der Waals surface area contributed by atoms with E-state index in [9.17, 15) is 4.79 Å². The zero-order valence-electron chi connectivity index (χ0n) is 19.0. The van der Waals surface area contributed by atoms with E-state index in [4.69, 9.17) is 9.47 Å². The summed E-state index contributed by atoms with van der Waals surface area (Å²) in [5.74, 6) is 1.16. The van der Waals surface area contributed by atoms with E-state index >= 15 is 0 Å². The number of hydrogen-bond donors (Lipinski definition) is 1. The Morgan fingerprint density at radius 1 is 0.824 bits per heavy atom. The SMILES string of the molecule is O=C(N/N=C\c1ccc2c(c1)OCO2)c1ccc(CN2CCN(Cc3ccccc3)CC2)cc1. The maximum absolute atomic E-state index is 12.4. The molecule has 1 amide bonds. The number of ether oxygens (including phenoxy) is 2. The van der Waals surface area contributed by atoms with Gasteiger partial charge in [0, 0.05) is 44.8 Å². The molecule has 0 radical (unpaired) electrons. The quantitative estimate of drug-likeness (QED) is 0.436. The molecule has 0 unspecified atom stereocenters. The summed E-state index contributed by atoms with van der Waals surface area (Å²) in [7, 11) is 0. The predicted octanol–water partition coefficient (Wildman–Crippen LogP) is 3.50. The Bertz CT molecular complexity index is 1140. The van der Waals surface area contributed by atoms with E-state index in [0.717, 1.165) is 50.6 Å². The highest BCUT2D eigenvalue weighted by molar-refractivity contribution is 5.95. The first-order valence-electron chi connectivity index (χ1n) is 11.5. The number of carbonyl (C=O) groups excluding carboxylic acids is 1. The second kappa shape index (κ2) is 10.5. The number of benzene rings is 3. The molecular formula is C27H28N4O3. The fourth-order valence-electron chi connectivity index (χ4n) is 4.19. The molecule has 3 aromatic carbocycles. The van der Waals surface area contributed by atoms with Crippen LogP contribution in [0.5, 0.6) is 11.5 Å². The first kappa shape index (κ1) is 22.1. The number of hydrazone groups is 1. The lowest BCUT2D eigenvalue weighted by molar-refractivity contribution is 0.0955. The lowest BCUT2D eigenvalue weighted by Crippen LogP contribution is -2.45. The highest BCUT2D eigenvalue weighted by atomic mass is 16.7. The van der Waals surface area contributed by atoms with Crippen molar-refractivity contribution in [1.82, 2.24) is 15.2 Å². The summed E-state index contributed by atoms with van der Waals surface area (Å²) in [5, 5.41) is 4.06. The minimum absolute atomic E-state index is 0.229. The van der Waals surface area contributed by atoms with E-state index in [1.54, 1.807) is 6.21 Å². The molecule has 0 aromatic heterocycles. The summed E-state index contributed by atoms with van der Waals surface area (Å²) in [4.78, 5) is 17.4. The van der Waals surface area contributed by atoms with Gasteiger partial charge in [0.1, 0.15) is 0 Å². The van der Waals surface area contributed by atoms with Gasteiger partial charge in [-0.15, -0.1) is 0 Å². The molecule has 3 aromatic rings. The zero-order chi connectivity index (χ0) is 23.2. The second-order valence-corrected chi connectivity index (χ2v) is 8.55. The van der Waals surface area contributed by atoms with Crippen LogP contribution in [0, 0.1) is 0 Å². The van der Waals surface area contributed by atoms with Crippen LogP contribution in [0.1, 0.15) is 27.0 Å². The van der Waals surface area contributed by atoms with E-state index < -0.39 is 0 Å². The first-order chi connectivity index (χ1) is 16.7. The standard InChI is InChI=1S/C27H28N4O3/c32-27(29-28-17-23-8-11-25-26(16-23)34-20-33-25)24-9-6-22(7-10-24)19-31-14-12-30(13-15-31)18-21-4-2-1-3-5-21/h1-11,16-17H,12-15,18-20H2,(H,29,32)/b28-17-. The Kier molecular flexibility index (Phi) is 6.84. The average Bonchev–Trinajstić information content (AvgIpc) is 3.34. The molecule has 5 rings (SSSR count). The van der Waals surface area contributed by atoms with Crippen molar-refractivity contribution in [2.75, 3.05) is 33.0 Å². The Morgan fingerprint density at radius 2 is 1.47 bits per heavy atom. The lowest BCUT2D eigenvalue weighted by Gasteiger charge is -2.34. The molecular weight excluding hydrogens is 428 g/mol. The Hall–Kier alpha value is -3.68. The molecule has 7 nitrogen and oxygen atoms in total. The number of piperazine rings is 1. The molecule has 2 aliphatic heterocycles. The fraction of sp³-hybridized carbons (Fsp3) is 0.259. The molecule has 0 atom stereocenters. The van der Waals surface area contributed by atoms with E-state index in [2.05, 4.69) is 50.7 Å². The van der Waals surface area contributed by atoms with E-state index in [-0.39, 0.29) is 12.7 Å². The average molecular weight is 457 g/mol. The minimum atomic E-state index is -0.238. The molecule has 1 fully saturated rings. The largest absolute Gasteiger partial charge is 0.454 e. The van der Waals surface area contributed by atoms with Crippen LogP contribution in [-0.4, -0.2) is 54.9 Å². The third-order valence-corrected chi connectivity index (χ3v) is 6.11. The monoisotopic (exact) mass is 456 g/mol. The van der Waals surface area contributed by atoms with Crippen molar-refractivity contribution in [1.29, 1.82) is 0 Å². The van der Waals surface area contributed by atoms with Crippen molar-refractivity contribution in [2.24, 2.45) is 5.10 Å². The topological polar surface area (TPSA) is 66.4 Å². The van der Waals surface area contributed by atoms with Crippen LogP contribution in [0.25, 0.3) is 0 Å². The maximum atomic E-state index is 12.4. The molecule has 2 heterocycles. The van der Waals surface area contributed by atoms with Crippen LogP contribution in [0.4, 0.5) is 0 Å². The van der Waals surface area contributed by atoms with Gasteiger partial charge in [-0.05, 0) is 47.0 Å². The van der Waals surface area contributed by atoms with Gasteiger partial charge in [-0.3, -0.25) is 14.6 Å². The Morgan fingerprint density at radius 3 is 2.18 bits per heavy atom. The predicted molar refractivity (Wildman–Crippen MR) is 131 cm³/mol. The van der Waals surface area contributed by atoms with Gasteiger partial charge >= 0.3 is 0 Å². The molecule has 7 heteroatoms. The van der Waals surface area contributed by atoms with Gasteiger partial charge in [0.05, 0.1) is 6.21 Å². The van der Waals surface area contributed by atoms with Gasteiger partial charge in [0.2, 0.25) is 6.79 Å². The van der Waals surface area contributed by atoms with Crippen molar-refractivity contribution in [3.63, 3.8) is 0 Å². The van der Waals surface area contributed by atoms with Gasteiger partial charge in [-0.1, -0.05) is 42.5 Å². The molecule has 0 spiro atoms. The van der Waals surface area contributed by atoms with Gasteiger partial charge in [0.25, 0.3) is 5.91 Å². The van der Waals surface area contributed by atoms with Gasteiger partial charge in [-0.25, -0.2) is 5.43 Å². The van der Waals surface area contributed by atoms with Crippen molar-refractivity contribution >= 4 is 12.1 Å². The molecule has 0 bridgehead atoms. The van der Waals surface area contributed by atoms with Crippen LogP contribution in [0.2, 0.25) is 0 Å². The van der Waals surface area contributed by atoms with Crippen molar-refractivity contribution in [3.05, 3.63) is 95.1 Å². The molecule has 34 heavy (non-hydrogen) atoms. The molecule has 1 saturated heterocycles. The summed E-state index contributed by atoms with van der Waals surface area (Å²) in [6.07, 6.45) is 1.59. The number of hydrogen-bond acceptors (Lipinski definition) is 6. The second-order valence-electron chi connectivity index (χ2n) is 8.55. The Balaban J connectivity index is 1.08. The summed E-state index contributed by atoms with van der Waals surface area (Å²) in [6, 6.07) is 23.9. The van der Waals surface area contributed by atoms with Crippen LogP contribution >= 0.6 is 0 Å². The molecule has 174 valence electrons. The number of carbonyl (C=O) groups is 1. The number of nitrogens with one attached hydrogen (secondary N) is 1. The smallest absolute Gasteiger partial charge is 0.271 e. The van der Waals surface area contributed by atoms with Crippen molar-refractivity contribution < 1.29 is 14.3 Å². The summed E-state index contributed by atoms with van der Waals surface area (Å²) in [6.45, 7) is 6.35. The van der Waals surface area contributed by atoms with Crippen molar-refractivity contribution in [3.8, 4) is 11.5 Å². The number of amides is 1. The van der Waals surface area contributed by atoms with Crippen LogP contribution in [-0.2, 0) is 13.1 Å². The number of nitrogens with zero attached hydrogens (tertiary/aromatic N) is 3. The summed E-state index contributed by atoms with van der Waals surface area (Å²) in [5.41, 5.74) is 6.56. The summed E-state index contributed by atoms with van der Waals surface area (Å²) >= 11 is 0. The highest BCUT2D eigenvalue weighted by Gasteiger charge is 2.17. The number of fused-ring (bicyclic) bond motifs is 1. The van der Waals surface area contributed by atoms with Crippen LogP contribution in [0.15, 0.2) is 77.9 Å². The zero-order valence-corrected chi connectivity index (χ0v) is 19.0. The van der Waals surface area contributed by atoms with Gasteiger partial charge in [0.15, 0.2) is 11.5 Å². The van der Waals surface area contributed by atoms with Crippen molar-refractivity contribution in [2.45, 2.75) is 13.1 Å². The molecule has 2 aliphatic rings. The third kappa shape index (κ3) is 5.62. The van der Waals surface area contributed by atoms with E-state index in [0.29, 0.717) is 11.3 Å². The minimum Gasteiger partial charge on any atom is -0.454 e. The number of rotatable bonds is 7. The summed E-state index contributed by atoms with van der Waals surface area (Å²) < 4.78 is 10.7.